The van der Waals surface area contributed by atoms with Gasteiger partial charge in [0.1, 0.15) is 17.6 Å². The molecule has 3 aromatic carbocycles. The van der Waals surface area contributed by atoms with Gasteiger partial charge >= 0.3 is 0 Å². The Morgan fingerprint density at radius 1 is 0.968 bits per heavy atom. The zero-order chi connectivity index (χ0) is 21.6. The number of ether oxygens (including phenoxy) is 1. The summed E-state index contributed by atoms with van der Waals surface area (Å²) in [6, 6.07) is 26.3. The van der Waals surface area contributed by atoms with Gasteiger partial charge in [-0.3, -0.25) is 9.36 Å². The van der Waals surface area contributed by atoms with Crippen LogP contribution in [0.3, 0.4) is 0 Å². The van der Waals surface area contributed by atoms with Crippen molar-refractivity contribution in [2.75, 3.05) is 0 Å². The average Bonchev–Trinajstić information content (AvgIpc) is 3.20. The molecular formula is C23H19ClN4O2S. The second-order valence-corrected chi connectivity index (χ2v) is 8.08. The highest BCUT2D eigenvalue weighted by Gasteiger charge is 2.24. The molecule has 2 N–H and O–H groups in total. The number of carbonyl (C=O) groups excluding carboxylic acids is 1. The number of carbonyl (C=O) groups is 1. The smallest absolute Gasteiger partial charge is 0.235 e. The molecule has 0 saturated carbocycles. The van der Waals surface area contributed by atoms with Crippen molar-refractivity contribution < 1.29 is 9.53 Å². The minimum atomic E-state index is -0.606. The maximum Gasteiger partial charge on any atom is 0.235 e. The first-order chi connectivity index (χ1) is 15.1. The second kappa shape index (κ2) is 9.68. The van der Waals surface area contributed by atoms with Crippen molar-refractivity contribution in [1.82, 2.24) is 14.8 Å². The molecule has 0 aliphatic carbocycles. The van der Waals surface area contributed by atoms with E-state index in [1.165, 1.54) is 11.8 Å². The highest BCUT2D eigenvalue weighted by molar-refractivity contribution is 8.00. The predicted molar refractivity (Wildman–Crippen MR) is 121 cm³/mol. The molecule has 1 atom stereocenters. The summed E-state index contributed by atoms with van der Waals surface area (Å²) in [5.74, 6) is 0.679. The summed E-state index contributed by atoms with van der Waals surface area (Å²) in [5.41, 5.74) is 7.36. The van der Waals surface area contributed by atoms with Gasteiger partial charge in [0.15, 0.2) is 11.0 Å². The van der Waals surface area contributed by atoms with E-state index in [0.29, 0.717) is 21.8 Å². The molecule has 0 saturated heterocycles. The fourth-order valence-corrected chi connectivity index (χ4v) is 4.25. The molecule has 0 bridgehead atoms. The SMILES string of the molecule is NC(=O)C(Sc1nnc(COc2ccccc2Cl)n1-c1ccccc1)c1ccccc1. The van der Waals surface area contributed by atoms with E-state index < -0.39 is 11.2 Å². The van der Waals surface area contributed by atoms with E-state index in [1.807, 2.05) is 77.4 Å². The molecule has 156 valence electrons. The van der Waals surface area contributed by atoms with Gasteiger partial charge in [0.2, 0.25) is 5.91 Å². The lowest BCUT2D eigenvalue weighted by Crippen LogP contribution is -2.19. The number of para-hydroxylation sites is 2. The van der Waals surface area contributed by atoms with Gasteiger partial charge < -0.3 is 10.5 Å². The van der Waals surface area contributed by atoms with Crippen LogP contribution in [-0.2, 0) is 11.4 Å². The number of rotatable bonds is 8. The lowest BCUT2D eigenvalue weighted by Gasteiger charge is -2.15. The van der Waals surface area contributed by atoms with Crippen LogP contribution in [0.5, 0.6) is 5.75 Å². The Kier molecular flexibility index (Phi) is 6.54. The number of primary amides is 1. The molecule has 8 heteroatoms. The molecule has 4 aromatic rings. The predicted octanol–water partition coefficient (Wildman–Crippen LogP) is 4.82. The second-order valence-electron chi connectivity index (χ2n) is 6.60. The quantitative estimate of drug-likeness (QED) is 0.389. The van der Waals surface area contributed by atoms with Crippen LogP contribution in [-0.4, -0.2) is 20.7 Å². The highest BCUT2D eigenvalue weighted by Crippen LogP contribution is 2.35. The standard InChI is InChI=1S/C23H19ClN4O2S/c24-18-13-7-8-14-19(18)30-15-20-26-27-23(28(20)17-11-5-2-6-12-17)31-21(22(25)29)16-9-3-1-4-10-16/h1-14,21H,15H2,(H2,25,29). The fourth-order valence-electron chi connectivity index (χ4n) is 3.03. The normalized spacial score (nSPS) is 11.8. The number of aromatic nitrogens is 3. The zero-order valence-electron chi connectivity index (χ0n) is 16.4. The minimum absolute atomic E-state index is 0.152. The zero-order valence-corrected chi connectivity index (χ0v) is 18.0. The van der Waals surface area contributed by atoms with Crippen LogP contribution in [0.1, 0.15) is 16.6 Å². The molecule has 0 fully saturated rings. The van der Waals surface area contributed by atoms with Crippen molar-refractivity contribution in [3.05, 3.63) is 101 Å². The number of benzene rings is 3. The maximum absolute atomic E-state index is 12.2. The van der Waals surface area contributed by atoms with Gasteiger partial charge in [-0.1, -0.05) is 84.0 Å². The summed E-state index contributed by atoms with van der Waals surface area (Å²) >= 11 is 7.45. The van der Waals surface area contributed by atoms with Crippen molar-refractivity contribution in [3.63, 3.8) is 0 Å². The molecule has 31 heavy (non-hydrogen) atoms. The number of hydrogen-bond donors (Lipinski definition) is 1. The van der Waals surface area contributed by atoms with E-state index in [9.17, 15) is 4.79 Å². The van der Waals surface area contributed by atoms with Crippen LogP contribution in [0, 0.1) is 0 Å². The van der Waals surface area contributed by atoms with E-state index in [-0.39, 0.29) is 6.61 Å². The number of hydrogen-bond acceptors (Lipinski definition) is 5. The van der Waals surface area contributed by atoms with Crippen LogP contribution in [0.4, 0.5) is 0 Å². The Balaban J connectivity index is 1.68. The highest BCUT2D eigenvalue weighted by atomic mass is 35.5. The van der Waals surface area contributed by atoms with E-state index in [2.05, 4.69) is 10.2 Å². The first-order valence-corrected chi connectivity index (χ1v) is 10.8. The molecule has 6 nitrogen and oxygen atoms in total. The van der Waals surface area contributed by atoms with Crippen LogP contribution in [0.25, 0.3) is 5.69 Å². The monoisotopic (exact) mass is 450 g/mol. The van der Waals surface area contributed by atoms with E-state index in [4.69, 9.17) is 22.1 Å². The third-order valence-corrected chi connectivity index (χ3v) is 6.02. The lowest BCUT2D eigenvalue weighted by atomic mass is 10.1. The summed E-state index contributed by atoms with van der Waals surface area (Å²) < 4.78 is 7.74. The van der Waals surface area contributed by atoms with Crippen molar-refractivity contribution in [2.45, 2.75) is 17.0 Å². The van der Waals surface area contributed by atoms with E-state index in [1.54, 1.807) is 12.1 Å². The van der Waals surface area contributed by atoms with Crippen LogP contribution in [0.2, 0.25) is 5.02 Å². The summed E-state index contributed by atoms with van der Waals surface area (Å²) in [4.78, 5) is 12.2. The van der Waals surface area contributed by atoms with Gasteiger partial charge in [-0.2, -0.15) is 0 Å². The fraction of sp³-hybridized carbons (Fsp3) is 0.0870. The van der Waals surface area contributed by atoms with Crippen molar-refractivity contribution in [1.29, 1.82) is 0 Å². The first-order valence-electron chi connectivity index (χ1n) is 9.51. The van der Waals surface area contributed by atoms with E-state index in [0.717, 1.165) is 11.3 Å². The third kappa shape index (κ3) is 4.90. The molecule has 1 heterocycles. The minimum Gasteiger partial charge on any atom is -0.484 e. The van der Waals surface area contributed by atoms with Crippen LogP contribution in [0.15, 0.2) is 90.1 Å². The number of nitrogens with zero attached hydrogens (tertiary/aromatic N) is 3. The topological polar surface area (TPSA) is 83.0 Å². The molecule has 1 aromatic heterocycles. The van der Waals surface area contributed by atoms with Gasteiger partial charge in [-0.25, -0.2) is 0 Å². The maximum atomic E-state index is 12.2. The Bertz CT molecular complexity index is 1170. The van der Waals surface area contributed by atoms with Gasteiger partial charge in [-0.15, -0.1) is 10.2 Å². The molecule has 4 rings (SSSR count). The lowest BCUT2D eigenvalue weighted by molar-refractivity contribution is -0.117. The Hall–Kier alpha value is -3.29. The summed E-state index contributed by atoms with van der Waals surface area (Å²) in [6.07, 6.45) is 0. The molecule has 1 unspecified atom stereocenters. The molecule has 0 aliphatic heterocycles. The van der Waals surface area contributed by atoms with Crippen molar-refractivity contribution in [2.24, 2.45) is 5.73 Å². The Labute approximate surface area is 189 Å². The van der Waals surface area contributed by atoms with E-state index >= 15 is 0 Å². The molecule has 0 radical (unpaired) electrons. The van der Waals surface area contributed by atoms with Gasteiger partial charge in [0.05, 0.1) is 5.02 Å². The van der Waals surface area contributed by atoms with Crippen LogP contribution >= 0.6 is 23.4 Å². The van der Waals surface area contributed by atoms with Gasteiger partial charge in [-0.05, 0) is 29.8 Å². The first kappa shape index (κ1) is 21.0. The number of nitrogens with two attached hydrogens (primary N) is 1. The van der Waals surface area contributed by atoms with Crippen molar-refractivity contribution >= 4 is 29.3 Å². The Morgan fingerprint density at radius 3 is 2.29 bits per heavy atom. The molecular weight excluding hydrogens is 432 g/mol. The summed E-state index contributed by atoms with van der Waals surface area (Å²) in [7, 11) is 0. The largest absolute Gasteiger partial charge is 0.484 e. The Morgan fingerprint density at radius 2 is 1.61 bits per heavy atom. The summed E-state index contributed by atoms with van der Waals surface area (Å²) in [5, 5.41) is 9.09. The van der Waals surface area contributed by atoms with Crippen LogP contribution < -0.4 is 10.5 Å². The molecule has 0 spiro atoms. The van der Waals surface area contributed by atoms with Gasteiger partial charge in [0.25, 0.3) is 0 Å². The molecule has 1 amide bonds. The number of halogens is 1. The number of thioether (sulfide) groups is 1. The third-order valence-electron chi connectivity index (χ3n) is 4.49. The number of amides is 1. The average molecular weight is 451 g/mol. The van der Waals surface area contributed by atoms with Crippen molar-refractivity contribution in [3.8, 4) is 11.4 Å². The van der Waals surface area contributed by atoms with Gasteiger partial charge in [0, 0.05) is 5.69 Å². The summed E-state index contributed by atoms with van der Waals surface area (Å²) in [6.45, 7) is 0.152. The molecule has 0 aliphatic rings.